The maximum Gasteiger partial charge on any atom is 0.491 e. The van der Waals surface area contributed by atoms with Gasteiger partial charge in [-0.05, 0) is 42.3 Å². The minimum absolute atomic E-state index is 0.0507. The van der Waals surface area contributed by atoms with Crippen LogP contribution in [0.4, 0.5) is 13.2 Å². The molecule has 0 radical (unpaired) electrons. The summed E-state index contributed by atoms with van der Waals surface area (Å²) in [6, 6.07) is 16.6. The molecule has 2 aromatic carbocycles. The first-order chi connectivity index (χ1) is 21.5. The van der Waals surface area contributed by atoms with Crippen LogP contribution in [-0.2, 0) is 21.4 Å². The Bertz CT molecular complexity index is 1950. The number of imidazole rings is 1. The topological polar surface area (TPSA) is 123 Å². The zero-order valence-electron chi connectivity index (χ0n) is 23.3. The lowest BCUT2D eigenvalue weighted by Gasteiger charge is -2.16. The van der Waals surface area contributed by atoms with Gasteiger partial charge in [-0.25, -0.2) is 23.2 Å². The Morgan fingerprint density at radius 3 is 2.53 bits per heavy atom. The number of aromatic nitrogens is 5. The first-order valence-electron chi connectivity index (χ1n) is 13.6. The summed E-state index contributed by atoms with van der Waals surface area (Å²) in [6.07, 6.45) is 1.10. The Morgan fingerprint density at radius 2 is 1.80 bits per heavy atom. The first-order valence-corrected chi connectivity index (χ1v) is 15.5. The summed E-state index contributed by atoms with van der Waals surface area (Å²) >= 11 is 5.96. The van der Waals surface area contributed by atoms with Crippen LogP contribution in [0, 0.1) is 0 Å². The molecule has 1 aliphatic heterocycles. The number of carbonyl (C=O) groups is 1. The molecule has 6 rings (SSSR count). The predicted octanol–water partition coefficient (Wildman–Crippen LogP) is 5.68. The summed E-state index contributed by atoms with van der Waals surface area (Å²) in [5, 5.41) is 4.88. The second-order valence-corrected chi connectivity index (χ2v) is 12.7. The lowest BCUT2D eigenvalue weighted by molar-refractivity contribution is -0.189. The molecule has 1 aliphatic rings. The molecule has 15 heteroatoms. The molecule has 1 unspecified atom stereocenters. The van der Waals surface area contributed by atoms with Crippen molar-refractivity contribution in [3.8, 4) is 28.4 Å². The Labute approximate surface area is 260 Å². The summed E-state index contributed by atoms with van der Waals surface area (Å²) in [6.45, 7) is 0.806. The van der Waals surface area contributed by atoms with Crippen molar-refractivity contribution in [2.24, 2.45) is 0 Å². The van der Waals surface area contributed by atoms with E-state index in [2.05, 4.69) is 20.1 Å². The Kier molecular flexibility index (Phi) is 8.20. The van der Waals surface area contributed by atoms with Crippen LogP contribution in [0.2, 0.25) is 5.02 Å². The highest BCUT2D eigenvalue weighted by Gasteiger charge is 2.42. The van der Waals surface area contributed by atoms with Crippen molar-refractivity contribution in [2.45, 2.75) is 30.0 Å². The Hall–Kier alpha value is -4.53. The van der Waals surface area contributed by atoms with Gasteiger partial charge in [0.2, 0.25) is 10.0 Å². The van der Waals surface area contributed by atoms with Crippen LogP contribution in [0.1, 0.15) is 23.6 Å². The molecule has 0 saturated carbocycles. The van der Waals surface area contributed by atoms with E-state index < -0.39 is 27.9 Å². The summed E-state index contributed by atoms with van der Waals surface area (Å²) in [5.41, 5.74) is 1.83. The van der Waals surface area contributed by atoms with Crippen molar-refractivity contribution in [3.63, 3.8) is 0 Å². The molecule has 5 aromatic rings. The molecule has 232 valence electrons. The number of hydrogen-bond acceptors (Lipinski definition) is 7. The number of benzene rings is 2. The summed E-state index contributed by atoms with van der Waals surface area (Å²) < 4.78 is 74.1. The third-order valence-corrected chi connectivity index (χ3v) is 9.46. The molecule has 1 saturated heterocycles. The first kappa shape index (κ1) is 30.5. The number of carbonyl (C=O) groups excluding carboxylic acids is 1. The number of sulfonamides is 1. The van der Waals surface area contributed by atoms with Gasteiger partial charge in [0.05, 0.1) is 17.6 Å². The van der Waals surface area contributed by atoms with Crippen LogP contribution >= 0.6 is 11.6 Å². The number of aromatic amines is 1. The van der Waals surface area contributed by atoms with Gasteiger partial charge in [0.15, 0.2) is 11.6 Å². The smallest absolute Gasteiger partial charge is 0.417 e. The molecule has 1 fully saturated rings. The van der Waals surface area contributed by atoms with Gasteiger partial charge in [-0.15, -0.1) is 0 Å². The van der Waals surface area contributed by atoms with Crippen molar-refractivity contribution in [2.75, 3.05) is 13.1 Å². The molecule has 10 nitrogen and oxygen atoms in total. The molecule has 4 heterocycles. The zero-order chi connectivity index (χ0) is 31.8. The molecule has 0 bridgehead atoms. The minimum Gasteiger partial charge on any atom is -0.417 e. The average molecular weight is 657 g/mol. The summed E-state index contributed by atoms with van der Waals surface area (Å²) in [7, 11) is -3.71. The van der Waals surface area contributed by atoms with E-state index in [1.165, 1.54) is 41.1 Å². The quantitative estimate of drug-likeness (QED) is 0.213. The van der Waals surface area contributed by atoms with Gasteiger partial charge in [-0.2, -0.15) is 22.6 Å². The number of H-pyrrole nitrogens is 1. The SMILES string of the molecule is O=C(Oc1c(-c2cnn(Cc3ccc(Cl)cc3)c2)ccnc1-c1ncc(C2CCN(S(=O)(=O)c3ccccc3)C2)[nH]1)C(F)(F)F. The molecule has 45 heavy (non-hydrogen) atoms. The Balaban J connectivity index is 1.30. The lowest BCUT2D eigenvalue weighted by atomic mass is 10.1. The number of ether oxygens (including phenoxy) is 1. The van der Waals surface area contributed by atoms with E-state index in [1.807, 2.05) is 12.1 Å². The largest absolute Gasteiger partial charge is 0.491 e. The fourth-order valence-electron chi connectivity index (χ4n) is 5.07. The van der Waals surface area contributed by atoms with Gasteiger partial charge in [0.1, 0.15) is 5.69 Å². The van der Waals surface area contributed by atoms with Crippen LogP contribution in [0.3, 0.4) is 0 Å². The van der Waals surface area contributed by atoms with Crippen LogP contribution in [-0.4, -0.2) is 62.7 Å². The van der Waals surface area contributed by atoms with E-state index in [-0.39, 0.29) is 41.0 Å². The zero-order valence-corrected chi connectivity index (χ0v) is 24.9. The number of rotatable bonds is 8. The molecule has 1 N–H and O–H groups in total. The van der Waals surface area contributed by atoms with E-state index in [0.29, 0.717) is 29.2 Å². The van der Waals surface area contributed by atoms with E-state index in [1.54, 1.807) is 41.2 Å². The number of pyridine rings is 1. The molecule has 0 aliphatic carbocycles. The third kappa shape index (κ3) is 6.48. The highest BCUT2D eigenvalue weighted by molar-refractivity contribution is 7.89. The lowest BCUT2D eigenvalue weighted by Crippen LogP contribution is -2.28. The number of alkyl halides is 3. The van der Waals surface area contributed by atoms with Crippen LogP contribution in [0.15, 0.2) is 90.3 Å². The van der Waals surface area contributed by atoms with Crippen molar-refractivity contribution in [3.05, 3.63) is 102 Å². The highest BCUT2D eigenvalue weighted by Crippen LogP contribution is 2.39. The second-order valence-electron chi connectivity index (χ2n) is 10.3. The fraction of sp³-hybridized carbons (Fsp3) is 0.200. The summed E-state index contributed by atoms with van der Waals surface area (Å²) in [5.74, 6) is -3.09. The van der Waals surface area contributed by atoms with Gasteiger partial charge < -0.3 is 9.72 Å². The minimum atomic E-state index is -5.27. The normalized spacial score (nSPS) is 15.8. The van der Waals surface area contributed by atoms with Crippen LogP contribution in [0.5, 0.6) is 5.75 Å². The number of nitrogens with one attached hydrogen (secondary N) is 1. The van der Waals surface area contributed by atoms with E-state index in [9.17, 15) is 26.4 Å². The maximum atomic E-state index is 13.3. The molecular weight excluding hydrogens is 633 g/mol. The van der Waals surface area contributed by atoms with Gasteiger partial charge in [0.25, 0.3) is 0 Å². The fourth-order valence-corrected chi connectivity index (χ4v) is 6.72. The van der Waals surface area contributed by atoms with Gasteiger partial charge in [-0.1, -0.05) is 41.9 Å². The van der Waals surface area contributed by atoms with E-state index in [4.69, 9.17) is 16.3 Å². The summed E-state index contributed by atoms with van der Waals surface area (Å²) in [4.78, 5) is 23.8. The highest BCUT2D eigenvalue weighted by atomic mass is 35.5. The number of halogens is 4. The van der Waals surface area contributed by atoms with E-state index >= 15 is 0 Å². The van der Waals surface area contributed by atoms with Crippen LogP contribution in [0.25, 0.3) is 22.6 Å². The number of hydrogen-bond donors (Lipinski definition) is 1. The van der Waals surface area contributed by atoms with Gasteiger partial charge in [-0.3, -0.25) is 4.68 Å². The standard InChI is InChI=1S/C30H24ClF3N6O4S/c31-22-8-6-19(7-9-22)16-39-17-21(14-37-39)24-10-12-35-26(27(24)44-29(41)30(32,33)34)28-36-15-25(38-28)20-11-13-40(18-20)45(42,43)23-4-2-1-3-5-23/h1-10,12,14-15,17,20H,11,13,16,18H2,(H,36,38). The molecular formula is C30H24ClF3N6O4S. The van der Waals surface area contributed by atoms with E-state index in [0.717, 1.165) is 5.56 Å². The third-order valence-electron chi connectivity index (χ3n) is 7.32. The maximum absolute atomic E-state index is 13.3. The number of esters is 1. The van der Waals surface area contributed by atoms with Crippen LogP contribution < -0.4 is 4.74 Å². The second kappa shape index (κ2) is 12.1. The van der Waals surface area contributed by atoms with Crippen molar-refractivity contribution < 1.29 is 31.1 Å². The van der Waals surface area contributed by atoms with Crippen molar-refractivity contribution in [1.29, 1.82) is 0 Å². The average Bonchev–Trinajstić information content (AvgIpc) is 3.80. The molecule has 3 aromatic heterocycles. The molecule has 0 spiro atoms. The van der Waals surface area contributed by atoms with Crippen molar-refractivity contribution >= 4 is 27.6 Å². The van der Waals surface area contributed by atoms with Gasteiger partial charge in [0, 0.05) is 59.4 Å². The van der Waals surface area contributed by atoms with Crippen molar-refractivity contribution in [1.82, 2.24) is 29.0 Å². The Morgan fingerprint density at radius 1 is 1.04 bits per heavy atom. The number of nitrogens with zero attached hydrogens (tertiary/aromatic N) is 5. The van der Waals surface area contributed by atoms with Gasteiger partial charge >= 0.3 is 12.1 Å². The molecule has 0 amide bonds. The molecule has 1 atom stereocenters. The predicted molar refractivity (Wildman–Crippen MR) is 158 cm³/mol. The monoisotopic (exact) mass is 656 g/mol.